The zero-order valence-electron chi connectivity index (χ0n) is 16.2. The maximum absolute atomic E-state index is 13.0. The fourth-order valence-corrected chi connectivity index (χ4v) is 4.93. The second-order valence-electron chi connectivity index (χ2n) is 7.48. The molecule has 0 spiro atoms. The molecule has 0 saturated carbocycles. The van der Waals surface area contributed by atoms with Crippen LogP contribution in [0.5, 0.6) is 5.75 Å². The number of nitrogens with zero attached hydrogens (tertiary/aromatic N) is 1. The van der Waals surface area contributed by atoms with E-state index >= 15 is 0 Å². The number of hydrogen-bond acceptors (Lipinski definition) is 6. The monoisotopic (exact) mass is 421 g/mol. The normalized spacial score (nSPS) is 22.4. The second kappa shape index (κ2) is 7.18. The fraction of sp³-hybridized carbons (Fsp3) is 0.217. The lowest BCUT2D eigenvalue weighted by Crippen LogP contribution is -2.28. The van der Waals surface area contributed by atoms with Crippen LogP contribution in [0, 0.1) is 0 Å². The van der Waals surface area contributed by atoms with E-state index in [2.05, 4.69) is 0 Å². The molecule has 152 valence electrons. The van der Waals surface area contributed by atoms with Crippen molar-refractivity contribution >= 4 is 28.8 Å². The predicted molar refractivity (Wildman–Crippen MR) is 111 cm³/mol. The molecule has 1 aromatic carbocycles. The van der Waals surface area contributed by atoms with Crippen molar-refractivity contribution in [3.05, 3.63) is 81.4 Å². The van der Waals surface area contributed by atoms with E-state index in [1.165, 1.54) is 22.5 Å². The number of benzene rings is 1. The molecule has 2 atom stereocenters. The Kier molecular flexibility index (Phi) is 4.47. The number of fused-ring (bicyclic) bond motifs is 1. The number of thiophene rings is 1. The molecule has 1 N–H and O–H groups in total. The van der Waals surface area contributed by atoms with E-state index in [4.69, 9.17) is 9.15 Å². The van der Waals surface area contributed by atoms with Gasteiger partial charge in [0.05, 0.1) is 18.4 Å². The first-order valence-electron chi connectivity index (χ1n) is 9.67. The van der Waals surface area contributed by atoms with Crippen LogP contribution < -0.4 is 4.74 Å². The van der Waals surface area contributed by atoms with E-state index in [0.717, 1.165) is 22.6 Å². The summed E-state index contributed by atoms with van der Waals surface area (Å²) in [6.45, 7) is 2.13. The largest absolute Gasteiger partial charge is 0.507 e. The zero-order chi connectivity index (χ0) is 20.8. The van der Waals surface area contributed by atoms with E-state index in [1.807, 2.05) is 30.5 Å². The van der Waals surface area contributed by atoms with Crippen LogP contribution in [0.25, 0.3) is 5.76 Å². The molecule has 4 heterocycles. The number of ether oxygens (including phenoxy) is 1. The topological polar surface area (TPSA) is 80.0 Å². The van der Waals surface area contributed by atoms with Gasteiger partial charge in [-0.1, -0.05) is 6.07 Å². The highest BCUT2D eigenvalue weighted by Gasteiger charge is 2.46. The fourth-order valence-electron chi connectivity index (χ4n) is 4.08. The molecule has 0 aliphatic carbocycles. The van der Waals surface area contributed by atoms with E-state index in [9.17, 15) is 14.7 Å². The van der Waals surface area contributed by atoms with Crippen molar-refractivity contribution in [2.45, 2.75) is 32.0 Å². The molecule has 2 aliphatic rings. The van der Waals surface area contributed by atoms with Crippen molar-refractivity contribution in [1.82, 2.24) is 4.90 Å². The van der Waals surface area contributed by atoms with Crippen molar-refractivity contribution in [1.29, 1.82) is 0 Å². The first-order valence-corrected chi connectivity index (χ1v) is 10.5. The van der Waals surface area contributed by atoms with Gasteiger partial charge in [0.25, 0.3) is 11.7 Å². The SMILES string of the molecule is CC1Cc2cc(C(O)=C3C(=O)C(=O)N(Cc4ccco4)C3c3cccs3)ccc2O1. The molecule has 6 nitrogen and oxygen atoms in total. The molecule has 30 heavy (non-hydrogen) atoms. The van der Waals surface area contributed by atoms with E-state index < -0.39 is 17.7 Å². The lowest BCUT2D eigenvalue weighted by molar-refractivity contribution is -0.140. The Hall–Kier alpha value is -3.32. The summed E-state index contributed by atoms with van der Waals surface area (Å²) in [5, 5.41) is 13.0. The van der Waals surface area contributed by atoms with Crippen LogP contribution in [-0.4, -0.2) is 27.8 Å². The van der Waals surface area contributed by atoms with Gasteiger partial charge in [-0.3, -0.25) is 9.59 Å². The Balaban J connectivity index is 1.61. The van der Waals surface area contributed by atoms with Gasteiger partial charge >= 0.3 is 0 Å². The summed E-state index contributed by atoms with van der Waals surface area (Å²) in [6.07, 6.45) is 2.33. The first kappa shape index (κ1) is 18.7. The maximum Gasteiger partial charge on any atom is 0.296 e. The Morgan fingerprint density at radius 2 is 2.10 bits per heavy atom. The van der Waals surface area contributed by atoms with Gasteiger partial charge in [-0.2, -0.15) is 0 Å². The molecule has 2 aliphatic heterocycles. The summed E-state index contributed by atoms with van der Waals surface area (Å²) < 4.78 is 11.1. The zero-order valence-corrected chi connectivity index (χ0v) is 17.0. The van der Waals surface area contributed by atoms with Gasteiger partial charge in [0.15, 0.2) is 0 Å². The van der Waals surface area contributed by atoms with Crippen molar-refractivity contribution < 1.29 is 23.8 Å². The smallest absolute Gasteiger partial charge is 0.296 e. The highest BCUT2D eigenvalue weighted by Crippen LogP contribution is 2.42. The lowest BCUT2D eigenvalue weighted by Gasteiger charge is -2.23. The maximum atomic E-state index is 13.0. The van der Waals surface area contributed by atoms with Crippen LogP contribution >= 0.6 is 11.3 Å². The summed E-state index contributed by atoms with van der Waals surface area (Å²) in [4.78, 5) is 28.1. The van der Waals surface area contributed by atoms with Crippen LogP contribution in [0.15, 0.2) is 64.1 Å². The van der Waals surface area contributed by atoms with Gasteiger partial charge in [-0.05, 0) is 54.3 Å². The van der Waals surface area contributed by atoms with Crippen LogP contribution in [0.1, 0.15) is 34.7 Å². The third-order valence-electron chi connectivity index (χ3n) is 5.43. The number of carbonyl (C=O) groups is 2. The number of aliphatic hydroxyl groups excluding tert-OH is 1. The van der Waals surface area contributed by atoms with E-state index in [0.29, 0.717) is 11.3 Å². The Morgan fingerprint density at radius 1 is 1.23 bits per heavy atom. The van der Waals surface area contributed by atoms with Gasteiger partial charge < -0.3 is 19.2 Å². The predicted octanol–water partition coefficient (Wildman–Crippen LogP) is 4.29. The Morgan fingerprint density at radius 3 is 2.83 bits per heavy atom. The molecular weight excluding hydrogens is 402 g/mol. The molecule has 2 unspecified atom stereocenters. The van der Waals surface area contributed by atoms with Crippen LogP contribution in [0.2, 0.25) is 0 Å². The van der Waals surface area contributed by atoms with Crippen molar-refractivity contribution in [2.24, 2.45) is 0 Å². The standard InChI is InChI=1S/C23H19NO5S/c1-13-10-15-11-14(6-7-17(15)29-13)21(25)19-20(18-5-3-9-30-18)24(23(27)22(19)26)12-16-4-2-8-28-16/h2-9,11,13,20,25H,10,12H2,1H3. The molecular formula is C23H19NO5S. The number of rotatable bonds is 4. The number of Topliss-reactive ketones (excluding diaryl/α,β-unsaturated/α-hetero) is 1. The molecule has 3 aromatic rings. The molecule has 0 bridgehead atoms. The minimum absolute atomic E-state index is 0.0717. The van der Waals surface area contributed by atoms with Crippen molar-refractivity contribution in [3.8, 4) is 5.75 Å². The third kappa shape index (κ3) is 3.02. The van der Waals surface area contributed by atoms with E-state index in [1.54, 1.807) is 24.3 Å². The molecule has 2 aromatic heterocycles. The van der Waals surface area contributed by atoms with E-state index in [-0.39, 0.29) is 24.0 Å². The minimum Gasteiger partial charge on any atom is -0.507 e. The molecule has 5 rings (SSSR count). The average Bonchev–Trinajstić information content (AvgIpc) is 3.51. The van der Waals surface area contributed by atoms with Crippen LogP contribution in [0.3, 0.4) is 0 Å². The third-order valence-corrected chi connectivity index (χ3v) is 6.35. The number of ketones is 1. The van der Waals surface area contributed by atoms with Gasteiger partial charge in [-0.15, -0.1) is 11.3 Å². The Labute approximate surface area is 177 Å². The summed E-state index contributed by atoms with van der Waals surface area (Å²) in [5.74, 6) is -0.155. The van der Waals surface area contributed by atoms with Gasteiger partial charge in [0, 0.05) is 16.9 Å². The minimum atomic E-state index is -0.692. The average molecular weight is 421 g/mol. The van der Waals surface area contributed by atoms with Gasteiger partial charge in [0.2, 0.25) is 0 Å². The van der Waals surface area contributed by atoms with Gasteiger partial charge in [-0.25, -0.2) is 0 Å². The highest BCUT2D eigenvalue weighted by atomic mass is 32.1. The summed E-state index contributed by atoms with van der Waals surface area (Å²) >= 11 is 1.44. The quantitative estimate of drug-likeness (QED) is 0.386. The van der Waals surface area contributed by atoms with Crippen LogP contribution in [-0.2, 0) is 22.6 Å². The first-order chi connectivity index (χ1) is 14.5. The molecule has 0 radical (unpaired) electrons. The number of hydrogen-bond donors (Lipinski definition) is 1. The van der Waals surface area contributed by atoms with Gasteiger partial charge in [0.1, 0.15) is 29.4 Å². The second-order valence-corrected chi connectivity index (χ2v) is 8.46. The summed E-state index contributed by atoms with van der Waals surface area (Å²) in [7, 11) is 0. The van der Waals surface area contributed by atoms with Crippen LogP contribution in [0.4, 0.5) is 0 Å². The van der Waals surface area contributed by atoms with Crippen molar-refractivity contribution in [2.75, 3.05) is 0 Å². The molecule has 7 heteroatoms. The lowest BCUT2D eigenvalue weighted by atomic mass is 9.98. The molecule has 1 saturated heterocycles. The molecule has 1 fully saturated rings. The Bertz CT molecular complexity index is 1150. The number of carbonyl (C=O) groups excluding carboxylic acids is 2. The molecule has 1 amide bonds. The number of amides is 1. The number of aliphatic hydroxyl groups is 1. The highest BCUT2D eigenvalue weighted by molar-refractivity contribution is 7.10. The summed E-state index contributed by atoms with van der Waals surface area (Å²) in [5.41, 5.74) is 1.58. The number of furan rings is 1. The number of likely N-dealkylation sites (tertiary alicyclic amines) is 1. The summed E-state index contributed by atoms with van der Waals surface area (Å²) in [6, 6.07) is 11.9. The van der Waals surface area contributed by atoms with Crippen molar-refractivity contribution in [3.63, 3.8) is 0 Å².